The van der Waals surface area contributed by atoms with Crippen LogP contribution in [-0.4, -0.2) is 37.2 Å². The van der Waals surface area contributed by atoms with E-state index in [4.69, 9.17) is 15.2 Å². The number of nitrogens with two attached hydrogens (primary N) is 1. The van der Waals surface area contributed by atoms with E-state index in [2.05, 4.69) is 0 Å². The van der Waals surface area contributed by atoms with Gasteiger partial charge in [-0.3, -0.25) is 4.79 Å². The van der Waals surface area contributed by atoms with E-state index in [-0.39, 0.29) is 17.6 Å². The highest BCUT2D eigenvalue weighted by Crippen LogP contribution is 2.37. The van der Waals surface area contributed by atoms with Crippen LogP contribution in [0.3, 0.4) is 0 Å². The topological polar surface area (TPSA) is 61.6 Å². The number of carbonyl (C=O) groups is 1. The van der Waals surface area contributed by atoms with Gasteiger partial charge in [0.05, 0.1) is 5.60 Å². The van der Waals surface area contributed by atoms with Gasteiger partial charge in [-0.25, -0.2) is 0 Å². The summed E-state index contributed by atoms with van der Waals surface area (Å²) in [5.41, 5.74) is 5.79. The van der Waals surface area contributed by atoms with Gasteiger partial charge in [-0.1, -0.05) is 6.92 Å². The molecule has 0 aliphatic carbocycles. The van der Waals surface area contributed by atoms with Gasteiger partial charge in [0, 0.05) is 38.2 Å². The van der Waals surface area contributed by atoms with Gasteiger partial charge in [-0.15, -0.1) is 0 Å². The smallest absolute Gasteiger partial charge is 0.137 e. The van der Waals surface area contributed by atoms with Crippen molar-refractivity contribution in [2.75, 3.05) is 19.8 Å². The molecule has 0 amide bonds. The Morgan fingerprint density at radius 1 is 1.39 bits per heavy atom. The first kappa shape index (κ1) is 14.0. The molecule has 2 fully saturated rings. The van der Waals surface area contributed by atoms with Gasteiger partial charge in [0.1, 0.15) is 5.78 Å². The molecule has 2 rings (SSSR count). The van der Waals surface area contributed by atoms with Crippen LogP contribution in [0, 0.1) is 5.92 Å². The molecule has 2 atom stereocenters. The number of ether oxygens (including phenoxy) is 2. The number of hydrogen-bond acceptors (Lipinski definition) is 4. The molecule has 1 spiro atoms. The van der Waals surface area contributed by atoms with Crippen molar-refractivity contribution in [3.63, 3.8) is 0 Å². The number of carbonyl (C=O) groups excluding carboxylic acids is 1. The average molecular weight is 255 g/mol. The number of Topliss-reactive ketones (excluding diaryl/α,β-unsaturated/α-hetero) is 1. The maximum Gasteiger partial charge on any atom is 0.137 e. The lowest BCUT2D eigenvalue weighted by Crippen LogP contribution is -2.46. The van der Waals surface area contributed by atoms with Crippen LogP contribution in [0.25, 0.3) is 0 Å². The molecule has 0 bridgehead atoms. The first-order valence-electron chi connectivity index (χ1n) is 7.15. The van der Waals surface area contributed by atoms with Crippen LogP contribution in [0.5, 0.6) is 0 Å². The number of hydrogen-bond donors (Lipinski definition) is 1. The molecule has 0 aromatic heterocycles. The van der Waals surface area contributed by atoms with Crippen LogP contribution in [-0.2, 0) is 14.3 Å². The quantitative estimate of drug-likeness (QED) is 0.830. The molecule has 0 radical (unpaired) electrons. The molecule has 18 heavy (non-hydrogen) atoms. The van der Waals surface area contributed by atoms with Gasteiger partial charge >= 0.3 is 0 Å². The Balaban J connectivity index is 1.91. The fraction of sp³-hybridized carbons (Fsp3) is 0.929. The van der Waals surface area contributed by atoms with Crippen LogP contribution >= 0.6 is 0 Å². The second kappa shape index (κ2) is 6.13. The van der Waals surface area contributed by atoms with E-state index in [9.17, 15) is 4.79 Å². The first-order valence-corrected chi connectivity index (χ1v) is 7.15. The zero-order valence-corrected chi connectivity index (χ0v) is 11.3. The second-order valence-electron chi connectivity index (χ2n) is 5.67. The molecule has 2 heterocycles. The highest BCUT2D eigenvalue weighted by atomic mass is 16.5. The summed E-state index contributed by atoms with van der Waals surface area (Å²) >= 11 is 0. The lowest BCUT2D eigenvalue weighted by Gasteiger charge is -2.43. The average Bonchev–Trinajstić information content (AvgIpc) is 2.39. The van der Waals surface area contributed by atoms with Crippen LogP contribution < -0.4 is 5.73 Å². The molecule has 4 nitrogen and oxygen atoms in total. The summed E-state index contributed by atoms with van der Waals surface area (Å²) in [5, 5.41) is 0. The second-order valence-corrected chi connectivity index (χ2v) is 5.67. The molecule has 2 unspecified atom stereocenters. The normalized spacial score (nSPS) is 29.1. The van der Waals surface area contributed by atoms with Gasteiger partial charge in [0.25, 0.3) is 0 Å². The maximum atomic E-state index is 12.2. The summed E-state index contributed by atoms with van der Waals surface area (Å²) in [7, 11) is 0. The predicted molar refractivity (Wildman–Crippen MR) is 69.4 cm³/mol. The van der Waals surface area contributed by atoms with Crippen LogP contribution in [0.2, 0.25) is 0 Å². The largest absolute Gasteiger partial charge is 0.381 e. The van der Waals surface area contributed by atoms with Gasteiger partial charge in [-0.05, 0) is 32.1 Å². The monoisotopic (exact) mass is 255 g/mol. The standard InChI is InChI=1S/C14H25NO3/c1-2-12(15)9-13(16)11-3-6-18-14(10-11)4-7-17-8-5-14/h11-12H,2-10,15H2,1H3. The minimum absolute atomic E-state index is 0.0194. The third kappa shape index (κ3) is 3.31. The van der Waals surface area contributed by atoms with E-state index in [0.29, 0.717) is 18.8 Å². The predicted octanol–water partition coefficient (Wildman–Crippen LogP) is 1.66. The summed E-state index contributed by atoms with van der Waals surface area (Å²) < 4.78 is 11.3. The summed E-state index contributed by atoms with van der Waals surface area (Å²) in [6.07, 6.45) is 4.97. The summed E-state index contributed by atoms with van der Waals surface area (Å²) in [6.45, 7) is 4.25. The van der Waals surface area contributed by atoms with Crippen LogP contribution in [0.15, 0.2) is 0 Å². The van der Waals surface area contributed by atoms with Crippen LogP contribution in [0.4, 0.5) is 0 Å². The molecule has 2 N–H and O–H groups in total. The number of ketones is 1. The Morgan fingerprint density at radius 2 is 2.11 bits per heavy atom. The van der Waals surface area contributed by atoms with E-state index in [0.717, 1.165) is 45.3 Å². The van der Waals surface area contributed by atoms with Crippen LogP contribution in [0.1, 0.15) is 45.4 Å². The van der Waals surface area contributed by atoms with Crippen molar-refractivity contribution >= 4 is 5.78 Å². The van der Waals surface area contributed by atoms with Gasteiger partial charge < -0.3 is 15.2 Å². The summed E-state index contributed by atoms with van der Waals surface area (Å²) in [6, 6.07) is 0.0194. The molecule has 2 aliphatic heterocycles. The molecule has 2 saturated heterocycles. The van der Waals surface area contributed by atoms with Crippen molar-refractivity contribution in [3.8, 4) is 0 Å². The zero-order chi connectivity index (χ0) is 13.0. The fourth-order valence-corrected chi connectivity index (χ4v) is 2.96. The highest BCUT2D eigenvalue weighted by molar-refractivity contribution is 5.81. The third-order valence-corrected chi connectivity index (χ3v) is 4.34. The minimum atomic E-state index is -0.0901. The maximum absolute atomic E-state index is 12.2. The molecule has 0 aromatic rings. The third-order valence-electron chi connectivity index (χ3n) is 4.34. The van der Waals surface area contributed by atoms with Crippen molar-refractivity contribution in [3.05, 3.63) is 0 Å². The lowest BCUT2D eigenvalue weighted by molar-refractivity contribution is -0.157. The Bertz CT molecular complexity index is 281. The van der Waals surface area contributed by atoms with E-state index in [1.54, 1.807) is 0 Å². The molecule has 0 aromatic carbocycles. The molecule has 104 valence electrons. The SMILES string of the molecule is CCC(N)CC(=O)C1CCOC2(CCOCC2)C1. The summed E-state index contributed by atoms with van der Waals surface area (Å²) in [5.74, 6) is 0.480. The molecule has 0 saturated carbocycles. The first-order chi connectivity index (χ1) is 8.65. The summed E-state index contributed by atoms with van der Waals surface area (Å²) in [4.78, 5) is 12.2. The zero-order valence-electron chi connectivity index (χ0n) is 11.3. The van der Waals surface area contributed by atoms with E-state index in [1.165, 1.54) is 0 Å². The van der Waals surface area contributed by atoms with E-state index in [1.807, 2.05) is 6.92 Å². The van der Waals surface area contributed by atoms with Gasteiger partial charge in [0.2, 0.25) is 0 Å². The Labute approximate surface area is 109 Å². The Hall–Kier alpha value is -0.450. The van der Waals surface area contributed by atoms with E-state index >= 15 is 0 Å². The molecule has 4 heteroatoms. The number of rotatable bonds is 4. The van der Waals surface area contributed by atoms with Gasteiger partial charge in [-0.2, -0.15) is 0 Å². The van der Waals surface area contributed by atoms with Crippen molar-refractivity contribution < 1.29 is 14.3 Å². The minimum Gasteiger partial charge on any atom is -0.381 e. The Morgan fingerprint density at radius 3 is 2.78 bits per heavy atom. The fourth-order valence-electron chi connectivity index (χ4n) is 2.96. The van der Waals surface area contributed by atoms with Gasteiger partial charge in [0.15, 0.2) is 0 Å². The molecule has 2 aliphatic rings. The lowest BCUT2D eigenvalue weighted by atomic mass is 9.78. The molecular formula is C14H25NO3. The van der Waals surface area contributed by atoms with Crippen molar-refractivity contribution in [1.29, 1.82) is 0 Å². The Kier molecular flexibility index (Phi) is 4.76. The van der Waals surface area contributed by atoms with E-state index < -0.39 is 0 Å². The van der Waals surface area contributed by atoms with Crippen molar-refractivity contribution in [1.82, 2.24) is 0 Å². The highest BCUT2D eigenvalue weighted by Gasteiger charge is 2.41. The van der Waals surface area contributed by atoms with Crippen molar-refractivity contribution in [2.24, 2.45) is 11.7 Å². The van der Waals surface area contributed by atoms with Crippen molar-refractivity contribution in [2.45, 2.75) is 57.1 Å². The molecular weight excluding hydrogens is 230 g/mol.